The number of fused-ring (bicyclic) bond motifs is 1. The number of anilines is 1. The molecule has 2 N–H and O–H groups in total. The summed E-state index contributed by atoms with van der Waals surface area (Å²) >= 11 is 0. The van der Waals surface area contributed by atoms with Crippen LogP contribution in [0, 0.1) is 5.82 Å². The number of aromatic amines is 1. The fourth-order valence-electron chi connectivity index (χ4n) is 2.72. The highest BCUT2D eigenvalue weighted by atomic mass is 19.1. The minimum Gasteiger partial charge on any atom is -0.373 e. The molecule has 0 atom stereocenters. The van der Waals surface area contributed by atoms with Gasteiger partial charge < -0.3 is 10.3 Å². The van der Waals surface area contributed by atoms with E-state index in [0.29, 0.717) is 33.9 Å². The van der Waals surface area contributed by atoms with Crippen LogP contribution in [0.2, 0.25) is 0 Å². The quantitative estimate of drug-likeness (QED) is 0.594. The molecule has 0 unspecified atom stereocenters. The van der Waals surface area contributed by atoms with Crippen LogP contribution in [0.1, 0.15) is 0 Å². The topological polar surface area (TPSA) is 83.6 Å². The van der Waals surface area contributed by atoms with Gasteiger partial charge in [0.15, 0.2) is 5.65 Å². The van der Waals surface area contributed by atoms with Gasteiger partial charge in [0.05, 0.1) is 11.4 Å². The molecule has 4 rings (SSSR count). The van der Waals surface area contributed by atoms with Gasteiger partial charge in [-0.3, -0.25) is 4.79 Å². The summed E-state index contributed by atoms with van der Waals surface area (Å²) in [6, 6.07) is 12.8. The summed E-state index contributed by atoms with van der Waals surface area (Å²) in [5.74, 6) is 0.304. The van der Waals surface area contributed by atoms with Crippen LogP contribution in [0.15, 0.2) is 59.5 Å². The van der Waals surface area contributed by atoms with Gasteiger partial charge in [-0.25, -0.2) is 19.3 Å². The van der Waals surface area contributed by atoms with Crippen molar-refractivity contribution in [3.05, 3.63) is 70.9 Å². The Morgan fingerprint density at radius 1 is 1.00 bits per heavy atom. The first-order valence-corrected chi connectivity index (χ1v) is 7.95. The number of hydrogen-bond acceptors (Lipinski definition) is 5. The smallest absolute Gasteiger partial charge is 0.249 e. The maximum Gasteiger partial charge on any atom is 0.249 e. The Kier molecular flexibility index (Phi) is 3.89. The summed E-state index contributed by atoms with van der Waals surface area (Å²) in [5.41, 5.74) is 3.03. The first-order chi connectivity index (χ1) is 12.6. The van der Waals surface area contributed by atoms with Crippen molar-refractivity contribution < 1.29 is 4.39 Å². The highest BCUT2D eigenvalue weighted by molar-refractivity contribution is 5.85. The number of rotatable bonds is 3. The predicted molar refractivity (Wildman–Crippen MR) is 98.3 cm³/mol. The van der Waals surface area contributed by atoms with Gasteiger partial charge in [0.2, 0.25) is 5.56 Å². The van der Waals surface area contributed by atoms with Crippen molar-refractivity contribution in [1.29, 1.82) is 0 Å². The maximum atomic E-state index is 13.8. The molecule has 6 nitrogen and oxygen atoms in total. The van der Waals surface area contributed by atoms with Gasteiger partial charge in [-0.15, -0.1) is 0 Å². The molecule has 7 heteroatoms. The molecule has 0 bridgehead atoms. The van der Waals surface area contributed by atoms with E-state index >= 15 is 0 Å². The zero-order valence-electron chi connectivity index (χ0n) is 13.8. The van der Waals surface area contributed by atoms with Gasteiger partial charge >= 0.3 is 0 Å². The second-order valence-corrected chi connectivity index (χ2v) is 5.67. The number of aromatic nitrogens is 4. The second kappa shape index (κ2) is 6.36. The van der Waals surface area contributed by atoms with Gasteiger partial charge in [-0.1, -0.05) is 12.1 Å². The van der Waals surface area contributed by atoms with Crippen molar-refractivity contribution in [1.82, 2.24) is 19.9 Å². The molecule has 0 spiro atoms. The van der Waals surface area contributed by atoms with Gasteiger partial charge in [0.1, 0.15) is 17.2 Å². The average Bonchev–Trinajstić information content (AvgIpc) is 2.67. The zero-order chi connectivity index (χ0) is 18.1. The summed E-state index contributed by atoms with van der Waals surface area (Å²) in [5, 5.41) is 2.98. The minimum absolute atomic E-state index is 0.272. The van der Waals surface area contributed by atoms with Crippen LogP contribution in [0.5, 0.6) is 0 Å². The van der Waals surface area contributed by atoms with E-state index in [1.54, 1.807) is 31.4 Å². The van der Waals surface area contributed by atoms with Crippen molar-refractivity contribution in [2.45, 2.75) is 0 Å². The number of hydrogen-bond donors (Lipinski definition) is 2. The van der Waals surface area contributed by atoms with Crippen LogP contribution in [0.4, 0.5) is 10.2 Å². The molecule has 0 aliphatic heterocycles. The van der Waals surface area contributed by atoms with Gasteiger partial charge in [0, 0.05) is 30.4 Å². The Labute approximate surface area is 147 Å². The van der Waals surface area contributed by atoms with E-state index in [0.717, 1.165) is 5.56 Å². The Hall–Kier alpha value is -3.61. The largest absolute Gasteiger partial charge is 0.373 e. The zero-order valence-corrected chi connectivity index (χ0v) is 13.8. The van der Waals surface area contributed by atoms with E-state index in [2.05, 4.69) is 25.3 Å². The van der Waals surface area contributed by atoms with Crippen molar-refractivity contribution >= 4 is 17.0 Å². The van der Waals surface area contributed by atoms with Crippen molar-refractivity contribution in [3.63, 3.8) is 0 Å². The number of H-pyrrole nitrogens is 1. The first-order valence-electron chi connectivity index (χ1n) is 7.95. The third kappa shape index (κ3) is 2.90. The van der Waals surface area contributed by atoms with E-state index in [-0.39, 0.29) is 11.4 Å². The lowest BCUT2D eigenvalue weighted by atomic mass is 10.0. The number of nitrogens with zero attached hydrogens (tertiary/aromatic N) is 3. The lowest BCUT2D eigenvalue weighted by Crippen LogP contribution is -2.06. The Morgan fingerprint density at radius 2 is 1.81 bits per heavy atom. The van der Waals surface area contributed by atoms with E-state index in [1.807, 2.05) is 12.1 Å². The van der Waals surface area contributed by atoms with Crippen LogP contribution in [-0.2, 0) is 0 Å². The monoisotopic (exact) mass is 347 g/mol. The molecule has 3 heterocycles. The molecular formula is C19H14FN5O. The Bertz CT molecular complexity index is 1170. The summed E-state index contributed by atoms with van der Waals surface area (Å²) in [6.45, 7) is 0. The molecular weight excluding hydrogens is 333 g/mol. The van der Waals surface area contributed by atoms with Crippen LogP contribution in [0.25, 0.3) is 33.7 Å². The number of benzene rings is 1. The molecule has 128 valence electrons. The molecule has 0 amide bonds. The normalized spacial score (nSPS) is 10.8. The van der Waals surface area contributed by atoms with E-state index in [4.69, 9.17) is 0 Å². The Morgan fingerprint density at radius 3 is 2.62 bits per heavy atom. The Balaban J connectivity index is 2.04. The van der Waals surface area contributed by atoms with Gasteiger partial charge in [0.25, 0.3) is 0 Å². The van der Waals surface area contributed by atoms with E-state index in [9.17, 15) is 9.18 Å². The lowest BCUT2D eigenvalue weighted by molar-refractivity contribution is 0.628. The third-order valence-electron chi connectivity index (χ3n) is 3.94. The van der Waals surface area contributed by atoms with Crippen molar-refractivity contribution in [2.24, 2.45) is 0 Å². The molecule has 3 aromatic heterocycles. The summed E-state index contributed by atoms with van der Waals surface area (Å²) in [4.78, 5) is 27.7. The minimum atomic E-state index is -0.373. The van der Waals surface area contributed by atoms with Gasteiger partial charge in [-0.2, -0.15) is 0 Å². The van der Waals surface area contributed by atoms with Crippen LogP contribution in [-0.4, -0.2) is 27.0 Å². The number of pyridine rings is 2. The molecule has 0 aliphatic carbocycles. The molecule has 0 saturated carbocycles. The molecule has 0 saturated heterocycles. The van der Waals surface area contributed by atoms with Crippen LogP contribution >= 0.6 is 0 Å². The van der Waals surface area contributed by atoms with Crippen LogP contribution < -0.4 is 10.9 Å². The molecule has 26 heavy (non-hydrogen) atoms. The fourth-order valence-corrected chi connectivity index (χ4v) is 2.72. The first kappa shape index (κ1) is 15.9. The average molecular weight is 347 g/mol. The van der Waals surface area contributed by atoms with Crippen molar-refractivity contribution in [2.75, 3.05) is 12.4 Å². The third-order valence-corrected chi connectivity index (χ3v) is 3.94. The van der Waals surface area contributed by atoms with Gasteiger partial charge in [-0.05, 0) is 30.3 Å². The number of nitrogens with one attached hydrogen (secondary N) is 2. The second-order valence-electron chi connectivity index (χ2n) is 5.67. The highest BCUT2D eigenvalue weighted by Crippen LogP contribution is 2.31. The fraction of sp³-hybridized carbons (Fsp3) is 0.0526. The molecule has 1 aromatic carbocycles. The number of halogens is 1. The van der Waals surface area contributed by atoms with Crippen LogP contribution in [0.3, 0.4) is 0 Å². The molecule has 0 aliphatic rings. The SMILES string of the molecule is CNc1cc(-c2nc3ccc(=O)[nH]c3nc2-c2cccc(F)c2)ccn1. The molecule has 0 fully saturated rings. The summed E-state index contributed by atoms with van der Waals surface area (Å²) < 4.78 is 13.8. The maximum absolute atomic E-state index is 13.8. The van der Waals surface area contributed by atoms with Crippen molar-refractivity contribution in [3.8, 4) is 22.5 Å². The highest BCUT2D eigenvalue weighted by Gasteiger charge is 2.15. The molecule has 4 aromatic rings. The standard InChI is InChI=1S/C19H14FN5O/c1-21-15-10-12(7-8-22-15)17-18(11-3-2-4-13(20)9-11)25-19-14(23-17)5-6-16(26)24-19/h2-10H,1H3,(H,21,22)(H,24,25,26). The predicted octanol–water partition coefficient (Wildman–Crippen LogP) is 3.23. The molecule has 0 radical (unpaired) electrons. The summed E-state index contributed by atoms with van der Waals surface area (Å²) in [7, 11) is 1.77. The summed E-state index contributed by atoms with van der Waals surface area (Å²) in [6.07, 6.45) is 1.66. The van der Waals surface area contributed by atoms with E-state index < -0.39 is 0 Å². The van der Waals surface area contributed by atoms with E-state index in [1.165, 1.54) is 18.2 Å². The lowest BCUT2D eigenvalue weighted by Gasteiger charge is -2.11.